The molecule has 1 N–H and O–H groups in total. The molecular weight excluding hydrogens is 162 g/mol. The number of hydrogen-bond donors (Lipinski definition) is 1. The van der Waals surface area contributed by atoms with Crippen molar-refractivity contribution in [1.29, 1.82) is 0 Å². The first kappa shape index (κ1) is 12.5. The van der Waals surface area contributed by atoms with Gasteiger partial charge >= 0.3 is 0 Å². The first-order valence-electron chi connectivity index (χ1n) is 5.09. The monoisotopic (exact) mass is 183 g/mol. The Balaban J connectivity index is 3.40. The SMILES string of the molecule is C#CCC(CCCOCC)NCC. The molecule has 0 fully saturated rings. The lowest BCUT2D eigenvalue weighted by Crippen LogP contribution is -2.28. The number of nitrogens with one attached hydrogen (secondary N) is 1. The summed E-state index contributed by atoms with van der Waals surface area (Å²) in [5.74, 6) is 2.69. The van der Waals surface area contributed by atoms with Crippen LogP contribution in [0.25, 0.3) is 0 Å². The lowest BCUT2D eigenvalue weighted by molar-refractivity contribution is 0.141. The summed E-state index contributed by atoms with van der Waals surface area (Å²) in [6.45, 7) is 6.76. The molecule has 1 unspecified atom stereocenters. The van der Waals surface area contributed by atoms with Crippen LogP contribution in [0.1, 0.15) is 33.1 Å². The van der Waals surface area contributed by atoms with Crippen LogP contribution in [-0.2, 0) is 4.74 Å². The van der Waals surface area contributed by atoms with E-state index in [0.717, 1.165) is 39.0 Å². The zero-order valence-electron chi connectivity index (χ0n) is 8.81. The molecule has 13 heavy (non-hydrogen) atoms. The summed E-state index contributed by atoms with van der Waals surface area (Å²) in [6, 6.07) is 0.468. The maximum atomic E-state index is 5.27. The molecule has 0 amide bonds. The van der Waals surface area contributed by atoms with Crippen LogP contribution in [0.2, 0.25) is 0 Å². The van der Waals surface area contributed by atoms with Crippen LogP contribution in [0.4, 0.5) is 0 Å². The summed E-state index contributed by atoms with van der Waals surface area (Å²) in [4.78, 5) is 0. The summed E-state index contributed by atoms with van der Waals surface area (Å²) in [7, 11) is 0. The maximum absolute atomic E-state index is 5.27. The molecule has 0 saturated heterocycles. The van der Waals surface area contributed by atoms with Crippen molar-refractivity contribution in [2.75, 3.05) is 19.8 Å². The number of rotatable bonds is 8. The Morgan fingerprint density at radius 3 is 2.77 bits per heavy atom. The molecule has 0 bridgehead atoms. The maximum Gasteiger partial charge on any atom is 0.0466 e. The quantitative estimate of drug-likeness (QED) is 0.458. The third-order valence-corrected chi connectivity index (χ3v) is 1.90. The van der Waals surface area contributed by atoms with Gasteiger partial charge in [-0.2, -0.15) is 0 Å². The molecule has 0 aliphatic heterocycles. The van der Waals surface area contributed by atoms with E-state index in [1.165, 1.54) is 0 Å². The van der Waals surface area contributed by atoms with Crippen molar-refractivity contribution in [2.45, 2.75) is 39.2 Å². The topological polar surface area (TPSA) is 21.3 Å². The van der Waals surface area contributed by atoms with Crippen molar-refractivity contribution in [3.05, 3.63) is 0 Å². The zero-order valence-corrected chi connectivity index (χ0v) is 8.81. The van der Waals surface area contributed by atoms with Gasteiger partial charge in [-0.3, -0.25) is 0 Å². The number of ether oxygens (including phenoxy) is 1. The molecule has 0 rings (SSSR count). The largest absolute Gasteiger partial charge is 0.382 e. The van der Waals surface area contributed by atoms with Crippen molar-refractivity contribution in [1.82, 2.24) is 5.32 Å². The predicted molar refractivity (Wildman–Crippen MR) is 56.6 cm³/mol. The van der Waals surface area contributed by atoms with Gasteiger partial charge in [-0.15, -0.1) is 12.3 Å². The summed E-state index contributed by atoms with van der Waals surface area (Å²) >= 11 is 0. The molecule has 0 saturated carbocycles. The van der Waals surface area contributed by atoms with Gasteiger partial charge < -0.3 is 10.1 Å². The molecule has 0 aromatic carbocycles. The summed E-state index contributed by atoms with van der Waals surface area (Å²) in [5, 5.41) is 3.36. The second-order valence-corrected chi connectivity index (χ2v) is 3.00. The van der Waals surface area contributed by atoms with Gasteiger partial charge in [0.05, 0.1) is 0 Å². The molecule has 2 heteroatoms. The van der Waals surface area contributed by atoms with E-state index >= 15 is 0 Å². The van der Waals surface area contributed by atoms with E-state index in [0.29, 0.717) is 6.04 Å². The molecule has 1 atom stereocenters. The molecule has 0 heterocycles. The van der Waals surface area contributed by atoms with Gasteiger partial charge in [0.2, 0.25) is 0 Å². The van der Waals surface area contributed by atoms with E-state index in [-0.39, 0.29) is 0 Å². The van der Waals surface area contributed by atoms with Crippen molar-refractivity contribution >= 4 is 0 Å². The molecule has 2 nitrogen and oxygen atoms in total. The lowest BCUT2D eigenvalue weighted by Gasteiger charge is -2.14. The molecule has 0 aliphatic carbocycles. The van der Waals surface area contributed by atoms with Crippen molar-refractivity contribution in [3.63, 3.8) is 0 Å². The van der Waals surface area contributed by atoms with Crippen molar-refractivity contribution in [2.24, 2.45) is 0 Å². The third-order valence-electron chi connectivity index (χ3n) is 1.90. The van der Waals surface area contributed by atoms with E-state index in [1.807, 2.05) is 6.92 Å². The summed E-state index contributed by atoms with van der Waals surface area (Å²) < 4.78 is 5.26. The van der Waals surface area contributed by atoms with E-state index in [2.05, 4.69) is 18.2 Å². The molecule has 0 aromatic heterocycles. The van der Waals surface area contributed by atoms with E-state index in [9.17, 15) is 0 Å². The minimum atomic E-state index is 0.468. The fraction of sp³-hybridized carbons (Fsp3) is 0.818. The lowest BCUT2D eigenvalue weighted by atomic mass is 10.1. The van der Waals surface area contributed by atoms with Crippen LogP contribution in [-0.4, -0.2) is 25.8 Å². The van der Waals surface area contributed by atoms with Crippen LogP contribution >= 0.6 is 0 Å². The van der Waals surface area contributed by atoms with Crippen molar-refractivity contribution < 1.29 is 4.74 Å². The van der Waals surface area contributed by atoms with Crippen LogP contribution in [0, 0.1) is 12.3 Å². The Labute approximate surface area is 82.1 Å². The normalized spacial score (nSPS) is 12.4. The van der Waals surface area contributed by atoms with Crippen LogP contribution < -0.4 is 5.32 Å². The minimum Gasteiger partial charge on any atom is -0.382 e. The number of hydrogen-bond acceptors (Lipinski definition) is 2. The Morgan fingerprint density at radius 1 is 1.46 bits per heavy atom. The van der Waals surface area contributed by atoms with Crippen LogP contribution in [0.5, 0.6) is 0 Å². The van der Waals surface area contributed by atoms with Gasteiger partial charge in [-0.05, 0) is 26.3 Å². The summed E-state index contributed by atoms with van der Waals surface area (Å²) in [5.41, 5.74) is 0. The average molecular weight is 183 g/mol. The molecule has 0 aromatic rings. The van der Waals surface area contributed by atoms with Crippen LogP contribution in [0.3, 0.4) is 0 Å². The Morgan fingerprint density at radius 2 is 2.23 bits per heavy atom. The molecule has 76 valence electrons. The van der Waals surface area contributed by atoms with Crippen LogP contribution in [0.15, 0.2) is 0 Å². The predicted octanol–water partition coefficient (Wildman–Crippen LogP) is 1.80. The van der Waals surface area contributed by atoms with E-state index < -0.39 is 0 Å². The van der Waals surface area contributed by atoms with Gasteiger partial charge in [-0.1, -0.05) is 6.92 Å². The van der Waals surface area contributed by atoms with E-state index in [4.69, 9.17) is 11.2 Å². The highest BCUT2D eigenvalue weighted by atomic mass is 16.5. The Hall–Kier alpha value is -0.520. The van der Waals surface area contributed by atoms with Gasteiger partial charge in [0.15, 0.2) is 0 Å². The van der Waals surface area contributed by atoms with Gasteiger partial charge in [-0.25, -0.2) is 0 Å². The standard InChI is InChI=1S/C11H21NO/c1-4-8-11(12-5-2)9-7-10-13-6-3/h1,11-12H,5-10H2,2-3H3. The molecule has 0 spiro atoms. The highest BCUT2D eigenvalue weighted by Crippen LogP contribution is 2.01. The Kier molecular flexibility index (Phi) is 9.18. The fourth-order valence-electron chi connectivity index (χ4n) is 1.28. The second-order valence-electron chi connectivity index (χ2n) is 3.00. The average Bonchev–Trinajstić information content (AvgIpc) is 2.13. The molecule has 0 aliphatic rings. The fourth-order valence-corrected chi connectivity index (χ4v) is 1.28. The van der Waals surface area contributed by atoms with Gasteiger partial charge in [0, 0.05) is 25.7 Å². The molecule has 0 radical (unpaired) electrons. The first-order valence-corrected chi connectivity index (χ1v) is 5.09. The minimum absolute atomic E-state index is 0.468. The van der Waals surface area contributed by atoms with Gasteiger partial charge in [0.25, 0.3) is 0 Å². The van der Waals surface area contributed by atoms with Gasteiger partial charge in [0.1, 0.15) is 0 Å². The smallest absolute Gasteiger partial charge is 0.0466 e. The highest BCUT2D eigenvalue weighted by Gasteiger charge is 2.04. The Bertz CT molecular complexity index is 140. The molecular formula is C11H21NO. The first-order chi connectivity index (χ1) is 6.35. The third kappa shape index (κ3) is 7.83. The second kappa shape index (κ2) is 9.57. The van der Waals surface area contributed by atoms with Crippen molar-refractivity contribution in [3.8, 4) is 12.3 Å². The number of terminal acetylenes is 1. The highest BCUT2D eigenvalue weighted by molar-refractivity contribution is 4.89. The zero-order chi connectivity index (χ0) is 9.94. The van der Waals surface area contributed by atoms with E-state index in [1.54, 1.807) is 0 Å². The summed E-state index contributed by atoms with van der Waals surface area (Å²) in [6.07, 6.45) is 8.29.